The number of carbonyl (C=O) groups excluding carboxylic acids is 1. The number of halogens is 2. The van der Waals surface area contributed by atoms with Gasteiger partial charge >= 0.3 is 0 Å². The third kappa shape index (κ3) is 3.86. The van der Waals surface area contributed by atoms with Gasteiger partial charge in [0.25, 0.3) is 5.91 Å². The predicted molar refractivity (Wildman–Crippen MR) is 92.2 cm³/mol. The molecular formula is C18H17Cl2NO2. The highest BCUT2D eigenvalue weighted by molar-refractivity contribution is 6.35. The number of hydrogen-bond acceptors (Lipinski definition) is 2. The maximum atomic E-state index is 12.2. The second kappa shape index (κ2) is 6.52. The Bertz CT molecular complexity index is 727. The molecule has 1 aliphatic rings. The standard InChI is InChI=1S/C18H17Cl2NO2/c19-15-7-14(8-16(20)9-15)17(22)21-11-18(23)6-5-12-3-1-2-4-13(12)10-18/h1-4,7-9,23H,5-6,10-11H2,(H,21,22). The van der Waals surface area contributed by atoms with Crippen LogP contribution in [0.15, 0.2) is 42.5 Å². The Morgan fingerprint density at radius 3 is 2.48 bits per heavy atom. The first-order valence-corrected chi connectivity index (χ1v) is 8.24. The fraction of sp³-hybridized carbons (Fsp3) is 0.278. The molecule has 0 saturated heterocycles. The van der Waals surface area contributed by atoms with Gasteiger partial charge in [-0.05, 0) is 42.2 Å². The van der Waals surface area contributed by atoms with Gasteiger partial charge in [-0.3, -0.25) is 4.79 Å². The van der Waals surface area contributed by atoms with E-state index >= 15 is 0 Å². The van der Waals surface area contributed by atoms with Crippen molar-refractivity contribution in [2.75, 3.05) is 6.54 Å². The molecule has 120 valence electrons. The number of amides is 1. The lowest BCUT2D eigenvalue weighted by Gasteiger charge is -2.33. The van der Waals surface area contributed by atoms with Crippen molar-refractivity contribution in [3.05, 3.63) is 69.2 Å². The lowest BCUT2D eigenvalue weighted by molar-refractivity contribution is 0.0260. The molecule has 1 atom stereocenters. The first-order valence-electron chi connectivity index (χ1n) is 7.49. The normalized spacial score (nSPS) is 20.0. The highest BCUT2D eigenvalue weighted by Gasteiger charge is 2.32. The average molecular weight is 350 g/mol. The Morgan fingerprint density at radius 1 is 1.13 bits per heavy atom. The fourth-order valence-electron chi connectivity index (χ4n) is 2.97. The van der Waals surface area contributed by atoms with Crippen molar-refractivity contribution in [3.63, 3.8) is 0 Å². The summed E-state index contributed by atoms with van der Waals surface area (Å²) in [6.45, 7) is 0.199. The number of nitrogens with one attached hydrogen (secondary N) is 1. The molecule has 0 spiro atoms. The molecule has 23 heavy (non-hydrogen) atoms. The number of aliphatic hydroxyl groups is 1. The molecular weight excluding hydrogens is 333 g/mol. The molecule has 0 saturated carbocycles. The van der Waals surface area contributed by atoms with E-state index in [9.17, 15) is 9.90 Å². The van der Waals surface area contributed by atoms with Crippen LogP contribution in [-0.2, 0) is 12.8 Å². The molecule has 0 radical (unpaired) electrons. The minimum Gasteiger partial charge on any atom is -0.388 e. The molecule has 0 aliphatic heterocycles. The lowest BCUT2D eigenvalue weighted by Crippen LogP contribution is -2.46. The van der Waals surface area contributed by atoms with E-state index in [0.29, 0.717) is 28.5 Å². The van der Waals surface area contributed by atoms with Crippen LogP contribution in [0.4, 0.5) is 0 Å². The molecule has 2 N–H and O–H groups in total. The summed E-state index contributed by atoms with van der Waals surface area (Å²) in [5.41, 5.74) is 1.88. The van der Waals surface area contributed by atoms with Gasteiger partial charge in [-0.2, -0.15) is 0 Å². The first-order chi connectivity index (χ1) is 11.0. The summed E-state index contributed by atoms with van der Waals surface area (Å²) in [5, 5.41) is 14.4. The van der Waals surface area contributed by atoms with Crippen LogP contribution in [0.5, 0.6) is 0 Å². The molecule has 0 bridgehead atoms. The molecule has 1 unspecified atom stereocenters. The molecule has 1 aliphatic carbocycles. The maximum absolute atomic E-state index is 12.2. The zero-order chi connectivity index (χ0) is 16.4. The molecule has 0 heterocycles. The summed E-state index contributed by atoms with van der Waals surface area (Å²) in [5.74, 6) is -0.290. The molecule has 2 aromatic carbocycles. The summed E-state index contributed by atoms with van der Waals surface area (Å²) in [6, 6.07) is 12.8. The van der Waals surface area contributed by atoms with Crippen LogP contribution >= 0.6 is 23.2 Å². The zero-order valence-corrected chi connectivity index (χ0v) is 14.0. The Hall–Kier alpha value is -1.55. The highest BCUT2D eigenvalue weighted by atomic mass is 35.5. The summed E-state index contributed by atoms with van der Waals surface area (Å²) in [4.78, 5) is 12.2. The molecule has 0 fully saturated rings. The van der Waals surface area contributed by atoms with Gasteiger partial charge in [0.2, 0.25) is 0 Å². The van der Waals surface area contributed by atoms with Gasteiger partial charge < -0.3 is 10.4 Å². The third-order valence-corrected chi connectivity index (χ3v) is 4.64. The van der Waals surface area contributed by atoms with Crippen LogP contribution in [0.3, 0.4) is 0 Å². The second-order valence-corrected chi connectivity index (χ2v) is 6.88. The Kier molecular flexibility index (Phi) is 4.62. The zero-order valence-electron chi connectivity index (χ0n) is 12.5. The van der Waals surface area contributed by atoms with E-state index in [2.05, 4.69) is 11.4 Å². The third-order valence-electron chi connectivity index (χ3n) is 4.20. The van der Waals surface area contributed by atoms with Crippen molar-refractivity contribution in [2.45, 2.75) is 24.9 Å². The fourth-order valence-corrected chi connectivity index (χ4v) is 3.49. The van der Waals surface area contributed by atoms with Gasteiger partial charge in [-0.25, -0.2) is 0 Å². The van der Waals surface area contributed by atoms with Crippen molar-refractivity contribution in [1.29, 1.82) is 0 Å². The van der Waals surface area contributed by atoms with Crippen molar-refractivity contribution in [2.24, 2.45) is 0 Å². The van der Waals surface area contributed by atoms with Gasteiger partial charge in [0.05, 0.1) is 5.60 Å². The average Bonchev–Trinajstić information content (AvgIpc) is 2.51. The van der Waals surface area contributed by atoms with Crippen molar-refractivity contribution >= 4 is 29.1 Å². The van der Waals surface area contributed by atoms with E-state index in [4.69, 9.17) is 23.2 Å². The maximum Gasteiger partial charge on any atom is 0.251 e. The van der Waals surface area contributed by atoms with Crippen LogP contribution in [0.1, 0.15) is 27.9 Å². The molecule has 3 nitrogen and oxygen atoms in total. The van der Waals surface area contributed by atoms with Crippen molar-refractivity contribution in [1.82, 2.24) is 5.32 Å². The number of aryl methyl sites for hydroxylation is 1. The molecule has 5 heteroatoms. The van der Waals surface area contributed by atoms with Crippen molar-refractivity contribution in [3.8, 4) is 0 Å². The van der Waals surface area contributed by atoms with Crippen LogP contribution in [0, 0.1) is 0 Å². The molecule has 0 aromatic heterocycles. The van der Waals surface area contributed by atoms with Gasteiger partial charge in [0, 0.05) is 28.6 Å². The van der Waals surface area contributed by atoms with Gasteiger partial charge in [-0.15, -0.1) is 0 Å². The number of rotatable bonds is 3. The van der Waals surface area contributed by atoms with Gasteiger partial charge in [0.15, 0.2) is 0 Å². The second-order valence-electron chi connectivity index (χ2n) is 6.01. The van der Waals surface area contributed by atoms with E-state index < -0.39 is 5.60 Å². The summed E-state index contributed by atoms with van der Waals surface area (Å²) >= 11 is 11.8. The van der Waals surface area contributed by atoms with Crippen LogP contribution in [0.25, 0.3) is 0 Å². The number of fused-ring (bicyclic) bond motifs is 1. The van der Waals surface area contributed by atoms with Crippen LogP contribution in [-0.4, -0.2) is 23.2 Å². The largest absolute Gasteiger partial charge is 0.388 e. The topological polar surface area (TPSA) is 49.3 Å². The SMILES string of the molecule is O=C(NCC1(O)CCc2ccccc2C1)c1cc(Cl)cc(Cl)c1. The van der Waals surface area contributed by atoms with E-state index in [-0.39, 0.29) is 12.5 Å². The minimum atomic E-state index is -0.924. The number of hydrogen-bond donors (Lipinski definition) is 2. The Balaban J connectivity index is 1.67. The van der Waals surface area contributed by atoms with E-state index in [1.807, 2.05) is 18.2 Å². The first kappa shape index (κ1) is 16.3. The van der Waals surface area contributed by atoms with E-state index in [0.717, 1.165) is 12.0 Å². The highest BCUT2D eigenvalue weighted by Crippen LogP contribution is 2.28. The predicted octanol–water partition coefficient (Wildman–Crippen LogP) is 3.64. The van der Waals surface area contributed by atoms with E-state index in [1.54, 1.807) is 18.2 Å². The molecule has 3 rings (SSSR count). The quantitative estimate of drug-likeness (QED) is 0.888. The number of carbonyl (C=O) groups is 1. The summed E-state index contributed by atoms with van der Waals surface area (Å²) in [6.07, 6.45) is 1.98. The Morgan fingerprint density at radius 2 is 1.78 bits per heavy atom. The lowest BCUT2D eigenvalue weighted by atomic mass is 9.80. The smallest absolute Gasteiger partial charge is 0.251 e. The Labute approximate surface area is 145 Å². The molecule has 2 aromatic rings. The van der Waals surface area contributed by atoms with E-state index in [1.165, 1.54) is 5.56 Å². The minimum absolute atomic E-state index is 0.199. The van der Waals surface area contributed by atoms with Crippen molar-refractivity contribution < 1.29 is 9.90 Å². The van der Waals surface area contributed by atoms with Crippen LogP contribution < -0.4 is 5.32 Å². The number of benzene rings is 2. The summed E-state index contributed by atoms with van der Waals surface area (Å²) < 4.78 is 0. The summed E-state index contributed by atoms with van der Waals surface area (Å²) in [7, 11) is 0. The monoisotopic (exact) mass is 349 g/mol. The molecule has 1 amide bonds. The van der Waals surface area contributed by atoms with Gasteiger partial charge in [0.1, 0.15) is 0 Å². The van der Waals surface area contributed by atoms with Crippen LogP contribution in [0.2, 0.25) is 10.0 Å². The van der Waals surface area contributed by atoms with Gasteiger partial charge in [-0.1, -0.05) is 47.5 Å².